The molecular formula is C27H28ClNO5. The van der Waals surface area contributed by atoms with E-state index in [4.69, 9.17) is 21.1 Å². The number of Topliss-reactive ketones (excluding diaryl/α,β-unsaturated/α-hetero) is 1. The average Bonchev–Trinajstić information content (AvgIpc) is 2.78. The number of hydrogen-bond acceptors (Lipinski definition) is 6. The Bertz CT molecular complexity index is 1210. The lowest BCUT2D eigenvalue weighted by Gasteiger charge is -2.39. The molecule has 0 saturated heterocycles. The predicted octanol–water partition coefficient (Wildman–Crippen LogP) is 5.40. The van der Waals surface area contributed by atoms with E-state index < -0.39 is 11.9 Å². The minimum atomic E-state index is -0.699. The van der Waals surface area contributed by atoms with Crippen molar-refractivity contribution in [2.75, 3.05) is 7.11 Å². The molecule has 178 valence electrons. The molecule has 0 aromatic heterocycles. The number of benzene rings is 2. The summed E-state index contributed by atoms with van der Waals surface area (Å²) in [6.45, 7) is 6.01. The van der Waals surface area contributed by atoms with E-state index in [-0.39, 0.29) is 34.3 Å². The Kier molecular flexibility index (Phi) is 6.45. The number of allylic oxidation sites excluding steroid dienone is 3. The summed E-state index contributed by atoms with van der Waals surface area (Å²) >= 11 is 6.30. The van der Waals surface area contributed by atoms with Crippen molar-refractivity contribution in [2.24, 2.45) is 5.41 Å². The number of rotatable bonds is 5. The van der Waals surface area contributed by atoms with Gasteiger partial charge in [0, 0.05) is 29.3 Å². The standard InChI is InChI=1S/C27H28ClNO5/c1-15-22(26(32)34-14-16-8-6-5-7-9-16)23(17-10-18(28)25(31)21(11-17)33-4)24-19(29-15)12-27(2,3)13-20(24)30/h5-11,23,29,31H,12-14H2,1-4H3. The second kappa shape index (κ2) is 9.18. The summed E-state index contributed by atoms with van der Waals surface area (Å²) in [6.07, 6.45) is 1.02. The van der Waals surface area contributed by atoms with Crippen molar-refractivity contribution in [1.82, 2.24) is 5.32 Å². The van der Waals surface area contributed by atoms with Gasteiger partial charge in [-0.25, -0.2) is 4.79 Å². The van der Waals surface area contributed by atoms with Crippen molar-refractivity contribution in [3.63, 3.8) is 0 Å². The molecule has 0 saturated carbocycles. The fraction of sp³-hybridized carbons (Fsp3) is 0.333. The Balaban J connectivity index is 1.81. The van der Waals surface area contributed by atoms with Crippen LogP contribution >= 0.6 is 11.6 Å². The number of aromatic hydroxyl groups is 1. The maximum Gasteiger partial charge on any atom is 0.337 e. The van der Waals surface area contributed by atoms with Crippen LogP contribution in [0.2, 0.25) is 5.02 Å². The lowest BCUT2D eigenvalue weighted by molar-refractivity contribution is -0.140. The Labute approximate surface area is 204 Å². The van der Waals surface area contributed by atoms with Crippen LogP contribution < -0.4 is 10.1 Å². The third-order valence-corrected chi connectivity index (χ3v) is 6.56. The van der Waals surface area contributed by atoms with Crippen LogP contribution in [0.1, 0.15) is 50.7 Å². The molecule has 1 aliphatic carbocycles. The topological polar surface area (TPSA) is 84.9 Å². The van der Waals surface area contributed by atoms with Crippen LogP contribution in [0.25, 0.3) is 0 Å². The van der Waals surface area contributed by atoms with E-state index in [0.717, 1.165) is 11.3 Å². The molecular weight excluding hydrogens is 454 g/mol. The first-order valence-corrected chi connectivity index (χ1v) is 11.5. The maximum absolute atomic E-state index is 13.4. The van der Waals surface area contributed by atoms with Gasteiger partial charge in [-0.2, -0.15) is 0 Å². The molecule has 2 aliphatic rings. The number of dihydropyridines is 1. The summed E-state index contributed by atoms with van der Waals surface area (Å²) in [7, 11) is 1.42. The summed E-state index contributed by atoms with van der Waals surface area (Å²) in [5.41, 5.74) is 3.52. The van der Waals surface area contributed by atoms with Gasteiger partial charge in [-0.3, -0.25) is 4.79 Å². The van der Waals surface area contributed by atoms with Crippen molar-refractivity contribution < 1.29 is 24.2 Å². The van der Waals surface area contributed by atoms with E-state index in [1.165, 1.54) is 7.11 Å². The van der Waals surface area contributed by atoms with Crippen molar-refractivity contribution >= 4 is 23.4 Å². The van der Waals surface area contributed by atoms with Crippen LogP contribution in [0.3, 0.4) is 0 Å². The zero-order valence-corrected chi connectivity index (χ0v) is 20.5. The first-order chi connectivity index (χ1) is 16.1. The Morgan fingerprint density at radius 1 is 1.21 bits per heavy atom. The van der Waals surface area contributed by atoms with E-state index in [0.29, 0.717) is 35.2 Å². The van der Waals surface area contributed by atoms with Gasteiger partial charge in [-0.1, -0.05) is 55.8 Å². The number of phenols is 1. The van der Waals surface area contributed by atoms with Gasteiger partial charge in [0.2, 0.25) is 0 Å². The number of ether oxygens (including phenoxy) is 2. The maximum atomic E-state index is 13.4. The third-order valence-electron chi connectivity index (χ3n) is 6.28. The number of esters is 1. The van der Waals surface area contributed by atoms with Crippen LogP contribution in [0.4, 0.5) is 0 Å². The van der Waals surface area contributed by atoms with Gasteiger partial charge in [0.25, 0.3) is 0 Å². The highest BCUT2D eigenvalue weighted by Crippen LogP contribution is 2.49. The number of phenolic OH excluding ortho intramolecular Hbond substituents is 1. The van der Waals surface area contributed by atoms with Crippen molar-refractivity contribution in [3.05, 3.63) is 81.2 Å². The minimum absolute atomic E-state index is 0.0345. The van der Waals surface area contributed by atoms with E-state index in [2.05, 4.69) is 19.2 Å². The largest absolute Gasteiger partial charge is 0.503 e. The van der Waals surface area contributed by atoms with Gasteiger partial charge in [0.15, 0.2) is 17.3 Å². The van der Waals surface area contributed by atoms with Crippen molar-refractivity contribution in [2.45, 2.75) is 46.1 Å². The van der Waals surface area contributed by atoms with E-state index in [1.807, 2.05) is 30.3 Å². The Hall–Kier alpha value is -3.25. The average molecular weight is 482 g/mol. The van der Waals surface area contributed by atoms with Gasteiger partial charge < -0.3 is 19.9 Å². The lowest BCUT2D eigenvalue weighted by Crippen LogP contribution is -2.38. The number of carbonyl (C=O) groups excluding carboxylic acids is 2. The Morgan fingerprint density at radius 3 is 2.59 bits per heavy atom. The Morgan fingerprint density at radius 2 is 1.91 bits per heavy atom. The molecule has 1 heterocycles. The van der Waals surface area contributed by atoms with Gasteiger partial charge in [0.1, 0.15) is 6.61 Å². The SMILES string of the molecule is COc1cc(C2C(C(=O)OCc3ccccc3)=C(C)NC3=C2C(=O)CC(C)(C)C3)cc(Cl)c1O. The number of halogens is 1. The summed E-state index contributed by atoms with van der Waals surface area (Å²) in [5, 5.41) is 13.6. The fourth-order valence-electron chi connectivity index (χ4n) is 4.76. The van der Waals surface area contributed by atoms with Crippen LogP contribution in [-0.4, -0.2) is 24.0 Å². The molecule has 4 rings (SSSR count). The molecule has 0 amide bonds. The van der Waals surface area contributed by atoms with Crippen LogP contribution in [0.5, 0.6) is 11.5 Å². The van der Waals surface area contributed by atoms with E-state index in [1.54, 1.807) is 19.1 Å². The van der Waals surface area contributed by atoms with Crippen LogP contribution in [-0.2, 0) is 20.9 Å². The summed E-state index contributed by atoms with van der Waals surface area (Å²) < 4.78 is 11.0. The highest BCUT2D eigenvalue weighted by atomic mass is 35.5. The van der Waals surface area contributed by atoms with Crippen LogP contribution in [0.15, 0.2) is 65.0 Å². The second-order valence-corrected chi connectivity index (χ2v) is 9.95. The fourth-order valence-corrected chi connectivity index (χ4v) is 4.98. The van der Waals surface area contributed by atoms with E-state index in [9.17, 15) is 14.7 Å². The number of hydrogen-bond donors (Lipinski definition) is 2. The third kappa shape index (κ3) is 4.55. The van der Waals surface area contributed by atoms with E-state index >= 15 is 0 Å². The molecule has 34 heavy (non-hydrogen) atoms. The molecule has 1 atom stereocenters. The van der Waals surface area contributed by atoms with Gasteiger partial charge in [-0.05, 0) is 42.0 Å². The predicted molar refractivity (Wildman–Crippen MR) is 130 cm³/mol. The molecule has 7 heteroatoms. The molecule has 2 aromatic rings. The lowest BCUT2D eigenvalue weighted by atomic mass is 9.68. The van der Waals surface area contributed by atoms with Gasteiger partial charge >= 0.3 is 5.97 Å². The molecule has 0 radical (unpaired) electrons. The normalized spacial score (nSPS) is 19.4. The molecule has 0 bridgehead atoms. The zero-order chi connectivity index (χ0) is 24.6. The van der Waals surface area contributed by atoms with Crippen LogP contribution in [0, 0.1) is 5.41 Å². The first kappa shape index (κ1) is 23.9. The zero-order valence-electron chi connectivity index (χ0n) is 19.7. The molecule has 2 N–H and O–H groups in total. The van der Waals surface area contributed by atoms with Gasteiger partial charge in [0.05, 0.1) is 17.7 Å². The summed E-state index contributed by atoms with van der Waals surface area (Å²) in [4.78, 5) is 26.8. The first-order valence-electron chi connectivity index (χ1n) is 11.1. The second-order valence-electron chi connectivity index (χ2n) is 9.55. The monoisotopic (exact) mass is 481 g/mol. The van der Waals surface area contributed by atoms with Gasteiger partial charge in [-0.15, -0.1) is 0 Å². The van der Waals surface area contributed by atoms with Crippen molar-refractivity contribution in [1.29, 1.82) is 0 Å². The molecule has 1 unspecified atom stereocenters. The molecule has 0 fully saturated rings. The quantitative estimate of drug-likeness (QED) is 0.556. The molecule has 0 spiro atoms. The van der Waals surface area contributed by atoms with Crippen molar-refractivity contribution in [3.8, 4) is 11.5 Å². The summed E-state index contributed by atoms with van der Waals surface area (Å²) in [6, 6.07) is 12.6. The number of carbonyl (C=O) groups is 2. The molecule has 6 nitrogen and oxygen atoms in total. The molecule has 1 aliphatic heterocycles. The smallest absolute Gasteiger partial charge is 0.337 e. The number of nitrogens with one attached hydrogen (secondary N) is 1. The minimum Gasteiger partial charge on any atom is -0.503 e. The number of ketones is 1. The summed E-state index contributed by atoms with van der Waals surface area (Å²) in [5.74, 6) is -1.28. The molecule has 2 aromatic carbocycles. The highest BCUT2D eigenvalue weighted by Gasteiger charge is 2.43. The number of methoxy groups -OCH3 is 1. The highest BCUT2D eigenvalue weighted by molar-refractivity contribution is 6.32.